The van der Waals surface area contributed by atoms with E-state index in [0.717, 1.165) is 36.0 Å². The smallest absolute Gasteiger partial charge is 0.250 e. The van der Waals surface area contributed by atoms with Crippen molar-refractivity contribution in [3.05, 3.63) is 104 Å². The summed E-state index contributed by atoms with van der Waals surface area (Å²) in [4.78, 5) is 12.0. The van der Waals surface area contributed by atoms with Crippen molar-refractivity contribution in [3.63, 3.8) is 0 Å². The highest BCUT2D eigenvalue weighted by Gasteiger charge is 2.19. The predicted octanol–water partition coefficient (Wildman–Crippen LogP) is 6.43. The molecule has 2 aromatic rings. The first-order valence-electron chi connectivity index (χ1n) is 10.1. The molecule has 0 N–H and O–H groups in total. The van der Waals surface area contributed by atoms with Gasteiger partial charge in [-0.15, -0.1) is 0 Å². The van der Waals surface area contributed by atoms with Crippen molar-refractivity contribution in [2.45, 2.75) is 32.7 Å². The number of rotatable bonds is 7. The largest absolute Gasteiger partial charge is 0.497 e. The molecular weight excluding hydrogens is 417 g/mol. The highest BCUT2D eigenvalue weighted by atomic mass is 35.5. The average molecular weight is 444 g/mol. The summed E-state index contributed by atoms with van der Waals surface area (Å²) in [6.45, 7) is 6.59. The van der Waals surface area contributed by atoms with E-state index in [9.17, 15) is 4.79 Å². The van der Waals surface area contributed by atoms with Gasteiger partial charge < -0.3 is 9.30 Å². The molecule has 5 heteroatoms. The summed E-state index contributed by atoms with van der Waals surface area (Å²) in [6.07, 6.45) is 11.1. The van der Waals surface area contributed by atoms with Crippen LogP contribution in [0.4, 0.5) is 0 Å². The van der Waals surface area contributed by atoms with E-state index >= 15 is 0 Å². The topological polar surface area (TPSA) is 31.2 Å². The molecule has 0 amide bonds. The minimum Gasteiger partial charge on any atom is -0.497 e. The molecule has 0 aliphatic heterocycles. The van der Waals surface area contributed by atoms with Crippen LogP contribution < -0.4 is 5.56 Å². The third kappa shape index (κ3) is 5.47. The van der Waals surface area contributed by atoms with Crippen LogP contribution in [0.1, 0.15) is 30.9 Å². The SMILES string of the molecule is C=C(OC)C1=CCC(CCc2cc(Cl)c(Cn3ccccc3=O)cc2Cl)C(C)C=C1. The first-order chi connectivity index (χ1) is 14.4. The molecule has 2 atom stereocenters. The lowest BCUT2D eigenvalue weighted by molar-refractivity contribution is 0.304. The van der Waals surface area contributed by atoms with Gasteiger partial charge in [0, 0.05) is 27.9 Å². The van der Waals surface area contributed by atoms with Gasteiger partial charge >= 0.3 is 0 Å². The zero-order chi connectivity index (χ0) is 21.7. The lowest BCUT2D eigenvalue weighted by Gasteiger charge is -2.20. The molecule has 30 heavy (non-hydrogen) atoms. The van der Waals surface area contributed by atoms with Crippen molar-refractivity contribution in [2.75, 3.05) is 7.11 Å². The number of allylic oxidation sites excluding steroid dienone is 3. The summed E-state index contributed by atoms with van der Waals surface area (Å²) in [6, 6.07) is 8.92. The molecule has 1 heterocycles. The minimum absolute atomic E-state index is 0.0623. The molecule has 0 bridgehead atoms. The second-order valence-electron chi connectivity index (χ2n) is 7.74. The van der Waals surface area contributed by atoms with Crippen molar-refractivity contribution in [2.24, 2.45) is 11.8 Å². The Hall–Kier alpha value is -2.23. The summed E-state index contributed by atoms with van der Waals surface area (Å²) in [5.41, 5.74) is 2.87. The van der Waals surface area contributed by atoms with Crippen molar-refractivity contribution in [3.8, 4) is 0 Å². The zero-order valence-electron chi connectivity index (χ0n) is 17.4. The maximum Gasteiger partial charge on any atom is 0.250 e. The molecule has 1 aliphatic carbocycles. The van der Waals surface area contributed by atoms with Gasteiger partial charge in [-0.3, -0.25) is 4.79 Å². The Morgan fingerprint density at radius 3 is 2.70 bits per heavy atom. The summed E-state index contributed by atoms with van der Waals surface area (Å²) >= 11 is 13.1. The van der Waals surface area contributed by atoms with Gasteiger partial charge in [-0.2, -0.15) is 0 Å². The second-order valence-corrected chi connectivity index (χ2v) is 8.56. The first kappa shape index (κ1) is 22.5. The van der Waals surface area contributed by atoms with E-state index in [4.69, 9.17) is 27.9 Å². The van der Waals surface area contributed by atoms with Crippen LogP contribution in [-0.4, -0.2) is 11.7 Å². The lowest BCUT2D eigenvalue weighted by Crippen LogP contribution is -2.18. The number of nitrogens with zero attached hydrogens (tertiary/aromatic N) is 1. The van der Waals surface area contributed by atoms with Crippen LogP contribution >= 0.6 is 23.2 Å². The molecular formula is C25H27Cl2NO2. The predicted molar refractivity (Wildman–Crippen MR) is 125 cm³/mol. The third-order valence-electron chi connectivity index (χ3n) is 5.77. The van der Waals surface area contributed by atoms with E-state index in [-0.39, 0.29) is 5.56 Å². The molecule has 0 radical (unpaired) electrons. The number of pyridine rings is 1. The molecule has 0 spiro atoms. The molecule has 2 unspecified atom stereocenters. The Labute approximate surface area is 188 Å². The van der Waals surface area contributed by atoms with Gasteiger partial charge in [0.15, 0.2) is 0 Å². The Balaban J connectivity index is 1.70. The number of ether oxygens (including phenoxy) is 1. The molecule has 1 aromatic carbocycles. The molecule has 1 aromatic heterocycles. The molecule has 158 valence electrons. The molecule has 0 fully saturated rings. The van der Waals surface area contributed by atoms with E-state index in [1.807, 2.05) is 18.2 Å². The van der Waals surface area contributed by atoms with Crippen LogP contribution in [0.3, 0.4) is 0 Å². The Morgan fingerprint density at radius 1 is 1.23 bits per heavy atom. The number of methoxy groups -OCH3 is 1. The second kappa shape index (κ2) is 10.2. The van der Waals surface area contributed by atoms with Crippen molar-refractivity contribution < 1.29 is 4.74 Å². The highest BCUT2D eigenvalue weighted by molar-refractivity contribution is 6.34. The quantitative estimate of drug-likeness (QED) is 0.461. The molecule has 3 nitrogen and oxygen atoms in total. The maximum absolute atomic E-state index is 12.0. The van der Waals surface area contributed by atoms with Crippen LogP contribution in [0.2, 0.25) is 10.0 Å². The summed E-state index contributed by atoms with van der Waals surface area (Å²) < 4.78 is 6.89. The fourth-order valence-corrected chi connectivity index (χ4v) is 4.26. The summed E-state index contributed by atoms with van der Waals surface area (Å²) in [7, 11) is 1.65. The number of hydrogen-bond donors (Lipinski definition) is 0. The summed E-state index contributed by atoms with van der Waals surface area (Å²) in [5, 5.41) is 1.33. The Kier molecular flexibility index (Phi) is 7.63. The molecule has 0 saturated heterocycles. The first-order valence-corrected chi connectivity index (χ1v) is 10.9. The lowest BCUT2D eigenvalue weighted by atomic mass is 9.86. The minimum atomic E-state index is -0.0623. The van der Waals surface area contributed by atoms with E-state index in [1.165, 1.54) is 6.07 Å². The van der Waals surface area contributed by atoms with E-state index < -0.39 is 0 Å². The number of aromatic nitrogens is 1. The standard InChI is InChI=1S/C25H27Cl2NO2/c1-17-7-8-20(18(2)30-3)11-9-19(17)10-12-21-14-24(27)22(15-23(21)26)16-28-13-5-4-6-25(28)29/h4-8,11,13-15,17,19H,2,9-10,12,16H2,1,3H3. The van der Waals surface area contributed by atoms with Gasteiger partial charge in [0.25, 0.3) is 5.56 Å². The van der Waals surface area contributed by atoms with Gasteiger partial charge in [-0.25, -0.2) is 0 Å². The van der Waals surface area contributed by atoms with Gasteiger partial charge in [0.1, 0.15) is 5.76 Å². The van der Waals surface area contributed by atoms with Crippen LogP contribution in [0.25, 0.3) is 0 Å². The van der Waals surface area contributed by atoms with Crippen molar-refractivity contribution in [1.82, 2.24) is 4.57 Å². The van der Waals surface area contributed by atoms with Crippen LogP contribution in [0.5, 0.6) is 0 Å². The highest BCUT2D eigenvalue weighted by Crippen LogP contribution is 2.32. The average Bonchev–Trinajstić information content (AvgIpc) is 2.92. The monoisotopic (exact) mass is 443 g/mol. The van der Waals surface area contributed by atoms with Crippen molar-refractivity contribution in [1.29, 1.82) is 0 Å². The van der Waals surface area contributed by atoms with Crippen LogP contribution in [-0.2, 0) is 17.7 Å². The van der Waals surface area contributed by atoms with Crippen LogP contribution in [0, 0.1) is 11.8 Å². The Bertz CT molecular complexity index is 1040. The van der Waals surface area contributed by atoms with Gasteiger partial charge in [-0.05, 0) is 60.4 Å². The number of hydrogen-bond acceptors (Lipinski definition) is 2. The fraction of sp³-hybridized carbons (Fsp3) is 0.320. The van der Waals surface area contributed by atoms with E-state index in [0.29, 0.717) is 34.2 Å². The van der Waals surface area contributed by atoms with Gasteiger partial charge in [0.2, 0.25) is 0 Å². The number of halogens is 2. The van der Waals surface area contributed by atoms with Crippen LogP contribution in [0.15, 0.2) is 77.5 Å². The molecule has 3 rings (SSSR count). The Morgan fingerprint density at radius 2 is 1.97 bits per heavy atom. The van der Waals surface area contributed by atoms with Gasteiger partial charge in [0.05, 0.1) is 13.7 Å². The zero-order valence-corrected chi connectivity index (χ0v) is 18.9. The maximum atomic E-state index is 12.0. The molecule has 0 saturated carbocycles. The van der Waals surface area contributed by atoms with E-state index in [1.54, 1.807) is 23.9 Å². The van der Waals surface area contributed by atoms with E-state index in [2.05, 4.69) is 31.7 Å². The van der Waals surface area contributed by atoms with Gasteiger partial charge in [-0.1, -0.05) is 61.0 Å². The normalized spacial score (nSPS) is 18.6. The number of benzene rings is 1. The number of aryl methyl sites for hydroxylation is 1. The summed E-state index contributed by atoms with van der Waals surface area (Å²) in [5.74, 6) is 1.64. The third-order valence-corrected chi connectivity index (χ3v) is 6.48. The molecule has 1 aliphatic rings. The van der Waals surface area contributed by atoms with Crippen molar-refractivity contribution >= 4 is 23.2 Å². The fourth-order valence-electron chi connectivity index (χ4n) is 3.74.